The Kier molecular flexibility index (Phi) is 3.19. The Morgan fingerprint density at radius 2 is 2.17 bits per heavy atom. The van der Waals surface area contributed by atoms with E-state index < -0.39 is 5.66 Å². The minimum absolute atomic E-state index is 0.425. The molecule has 0 aromatic heterocycles. The number of nitrogens with one attached hydrogen (secondary N) is 1. The molecule has 0 radical (unpaired) electrons. The standard InChI is InChI=1S/C12H15ClN4O/c1-7-16-6-11(14)12(15,17-7)8-3-4-10(18-2)9(13)5-8/h3-6H,14-15H2,1-2H3,(H,16,17). The van der Waals surface area contributed by atoms with Crippen LogP contribution in [0, 0.1) is 0 Å². The molecule has 18 heavy (non-hydrogen) atoms. The number of rotatable bonds is 2. The molecule has 1 heterocycles. The highest BCUT2D eigenvalue weighted by Gasteiger charge is 2.32. The van der Waals surface area contributed by atoms with E-state index in [-0.39, 0.29) is 0 Å². The van der Waals surface area contributed by atoms with Gasteiger partial charge in [-0.05, 0) is 19.1 Å². The van der Waals surface area contributed by atoms with Crippen LogP contribution in [0.2, 0.25) is 5.02 Å². The summed E-state index contributed by atoms with van der Waals surface area (Å²) in [4.78, 5) is 4.35. The average molecular weight is 267 g/mol. The lowest BCUT2D eigenvalue weighted by Gasteiger charge is -2.30. The summed E-state index contributed by atoms with van der Waals surface area (Å²) < 4.78 is 5.10. The molecule has 96 valence electrons. The molecule has 0 saturated carbocycles. The number of methoxy groups -OCH3 is 1. The fourth-order valence-corrected chi connectivity index (χ4v) is 2.05. The summed E-state index contributed by atoms with van der Waals surface area (Å²) in [5.41, 5.74) is 12.2. The van der Waals surface area contributed by atoms with Gasteiger partial charge in [0, 0.05) is 11.8 Å². The fourth-order valence-electron chi connectivity index (χ4n) is 1.79. The molecule has 0 aliphatic carbocycles. The molecule has 1 unspecified atom stereocenters. The van der Waals surface area contributed by atoms with Crippen LogP contribution in [-0.4, -0.2) is 12.9 Å². The molecule has 1 aliphatic heterocycles. The lowest BCUT2D eigenvalue weighted by molar-refractivity contribution is 0.414. The molecule has 0 amide bonds. The zero-order chi connectivity index (χ0) is 13.3. The second-order valence-corrected chi connectivity index (χ2v) is 4.46. The van der Waals surface area contributed by atoms with Gasteiger partial charge >= 0.3 is 0 Å². The van der Waals surface area contributed by atoms with Crippen molar-refractivity contribution in [2.24, 2.45) is 16.5 Å². The molecule has 1 aliphatic rings. The molecular weight excluding hydrogens is 252 g/mol. The molecule has 1 aromatic rings. The van der Waals surface area contributed by atoms with E-state index in [0.717, 1.165) is 0 Å². The predicted molar refractivity (Wildman–Crippen MR) is 72.4 cm³/mol. The smallest absolute Gasteiger partial charge is 0.177 e. The molecule has 0 saturated heterocycles. The first kappa shape index (κ1) is 12.7. The van der Waals surface area contributed by atoms with Crippen molar-refractivity contribution < 1.29 is 4.74 Å². The van der Waals surface area contributed by atoms with E-state index >= 15 is 0 Å². The van der Waals surface area contributed by atoms with Crippen LogP contribution < -0.4 is 21.5 Å². The molecule has 2 rings (SSSR count). The summed E-state index contributed by atoms with van der Waals surface area (Å²) >= 11 is 6.09. The van der Waals surface area contributed by atoms with Crippen LogP contribution in [0.4, 0.5) is 0 Å². The van der Waals surface area contributed by atoms with Gasteiger partial charge in [0.05, 0.1) is 17.8 Å². The van der Waals surface area contributed by atoms with Crippen molar-refractivity contribution in [3.8, 4) is 5.75 Å². The highest BCUT2D eigenvalue weighted by atomic mass is 35.5. The van der Waals surface area contributed by atoms with Crippen molar-refractivity contribution in [1.82, 2.24) is 5.32 Å². The van der Waals surface area contributed by atoms with Crippen LogP contribution in [0.15, 0.2) is 35.1 Å². The monoisotopic (exact) mass is 266 g/mol. The van der Waals surface area contributed by atoms with Crippen molar-refractivity contribution in [1.29, 1.82) is 0 Å². The minimum Gasteiger partial charge on any atom is -0.495 e. The first-order chi connectivity index (χ1) is 8.47. The lowest BCUT2D eigenvalue weighted by atomic mass is 9.96. The molecule has 0 spiro atoms. The lowest BCUT2D eigenvalue weighted by Crippen LogP contribution is -2.45. The topological polar surface area (TPSA) is 85.7 Å². The van der Waals surface area contributed by atoms with E-state index in [1.54, 1.807) is 31.5 Å². The van der Waals surface area contributed by atoms with E-state index in [2.05, 4.69) is 10.3 Å². The van der Waals surface area contributed by atoms with Gasteiger partial charge in [0.15, 0.2) is 5.66 Å². The summed E-state index contributed by atoms with van der Waals surface area (Å²) in [7, 11) is 1.56. The third-order valence-corrected chi connectivity index (χ3v) is 3.11. The molecule has 1 atom stereocenters. The van der Waals surface area contributed by atoms with Crippen LogP contribution in [0.5, 0.6) is 5.75 Å². The van der Waals surface area contributed by atoms with Gasteiger partial charge in [0.25, 0.3) is 0 Å². The van der Waals surface area contributed by atoms with Crippen molar-refractivity contribution >= 4 is 17.4 Å². The number of hydrogen-bond donors (Lipinski definition) is 3. The molecule has 0 fully saturated rings. The van der Waals surface area contributed by atoms with Gasteiger partial charge in [-0.1, -0.05) is 17.7 Å². The Bertz CT molecular complexity index is 541. The fraction of sp³-hybridized carbons (Fsp3) is 0.250. The van der Waals surface area contributed by atoms with Gasteiger partial charge in [-0.2, -0.15) is 0 Å². The van der Waals surface area contributed by atoms with E-state index in [0.29, 0.717) is 27.9 Å². The number of amidine groups is 1. The van der Waals surface area contributed by atoms with Crippen LogP contribution in [0.25, 0.3) is 0 Å². The van der Waals surface area contributed by atoms with Gasteiger partial charge < -0.3 is 15.8 Å². The van der Waals surface area contributed by atoms with Crippen molar-refractivity contribution in [2.45, 2.75) is 12.6 Å². The van der Waals surface area contributed by atoms with Gasteiger partial charge in [-0.3, -0.25) is 5.73 Å². The minimum atomic E-state index is -1.09. The first-order valence-corrected chi connectivity index (χ1v) is 5.77. The van der Waals surface area contributed by atoms with Crippen molar-refractivity contribution in [3.05, 3.63) is 40.7 Å². The van der Waals surface area contributed by atoms with Crippen LogP contribution >= 0.6 is 11.6 Å². The molecule has 5 N–H and O–H groups in total. The van der Waals surface area contributed by atoms with Crippen LogP contribution in [0.3, 0.4) is 0 Å². The Hall–Kier alpha value is -1.72. The third kappa shape index (κ3) is 2.02. The number of ether oxygens (including phenoxy) is 1. The molecule has 0 bridgehead atoms. The average Bonchev–Trinajstić information content (AvgIpc) is 2.34. The number of nitrogens with two attached hydrogens (primary N) is 2. The Morgan fingerprint density at radius 3 is 2.78 bits per heavy atom. The van der Waals surface area contributed by atoms with Crippen molar-refractivity contribution in [3.63, 3.8) is 0 Å². The summed E-state index contributed by atoms with van der Waals surface area (Å²) in [5, 5.41) is 3.39. The van der Waals surface area contributed by atoms with E-state index in [1.807, 2.05) is 6.92 Å². The largest absolute Gasteiger partial charge is 0.495 e. The Balaban J connectivity index is 2.50. The maximum Gasteiger partial charge on any atom is 0.177 e. The van der Waals surface area contributed by atoms with Gasteiger partial charge in [0.1, 0.15) is 11.6 Å². The normalized spacial score (nSPS) is 22.9. The highest BCUT2D eigenvalue weighted by Crippen LogP contribution is 2.33. The van der Waals surface area contributed by atoms with E-state index in [4.69, 9.17) is 27.8 Å². The molecule has 6 heteroatoms. The highest BCUT2D eigenvalue weighted by molar-refractivity contribution is 6.32. The van der Waals surface area contributed by atoms with Gasteiger partial charge in [0.2, 0.25) is 0 Å². The predicted octanol–water partition coefficient (Wildman–Crippen LogP) is 1.28. The third-order valence-electron chi connectivity index (χ3n) is 2.81. The SMILES string of the molecule is COc1ccc(C2(N)N=C(C)NC=C2N)cc1Cl. The molecule has 1 aromatic carbocycles. The van der Waals surface area contributed by atoms with Gasteiger partial charge in [-0.15, -0.1) is 0 Å². The van der Waals surface area contributed by atoms with Gasteiger partial charge in [-0.25, -0.2) is 4.99 Å². The first-order valence-electron chi connectivity index (χ1n) is 5.39. The molecular formula is C12H15ClN4O. The summed E-state index contributed by atoms with van der Waals surface area (Å²) in [6, 6.07) is 5.25. The Morgan fingerprint density at radius 1 is 1.44 bits per heavy atom. The van der Waals surface area contributed by atoms with Crippen LogP contribution in [0.1, 0.15) is 12.5 Å². The van der Waals surface area contributed by atoms with Crippen molar-refractivity contribution in [2.75, 3.05) is 7.11 Å². The summed E-state index contributed by atoms with van der Waals surface area (Å²) in [6.45, 7) is 1.82. The number of aliphatic imine (C=N–C) groups is 1. The second kappa shape index (κ2) is 4.51. The zero-order valence-corrected chi connectivity index (χ0v) is 11.0. The quantitative estimate of drug-likeness (QED) is 0.753. The Labute approximate surface area is 110 Å². The van der Waals surface area contributed by atoms with Crippen LogP contribution in [-0.2, 0) is 5.66 Å². The second-order valence-electron chi connectivity index (χ2n) is 4.06. The zero-order valence-electron chi connectivity index (χ0n) is 10.2. The summed E-state index contributed by atoms with van der Waals surface area (Å²) in [5.74, 6) is 1.28. The number of halogens is 1. The molecule has 5 nitrogen and oxygen atoms in total. The maximum atomic E-state index is 6.25. The van der Waals surface area contributed by atoms with E-state index in [9.17, 15) is 0 Å². The maximum absolute atomic E-state index is 6.25. The number of hydrogen-bond acceptors (Lipinski definition) is 5. The number of nitrogens with zero attached hydrogens (tertiary/aromatic N) is 1. The number of benzene rings is 1. The summed E-state index contributed by atoms with van der Waals surface area (Å²) in [6.07, 6.45) is 1.64. The van der Waals surface area contributed by atoms with E-state index in [1.165, 1.54) is 0 Å².